The van der Waals surface area contributed by atoms with Crippen LogP contribution in [0.4, 0.5) is 10.1 Å². The predicted molar refractivity (Wildman–Crippen MR) is 95.0 cm³/mol. The molecule has 2 aromatic carbocycles. The van der Waals surface area contributed by atoms with Gasteiger partial charge in [0.2, 0.25) is 0 Å². The molecule has 23 heavy (non-hydrogen) atoms. The highest BCUT2D eigenvalue weighted by Crippen LogP contribution is 2.32. The number of hydrogen-bond acceptors (Lipinski definition) is 2. The minimum absolute atomic E-state index is 0.422. The summed E-state index contributed by atoms with van der Waals surface area (Å²) in [6, 6.07) is 15.1. The molecule has 0 spiro atoms. The number of para-hydroxylation sites is 1. The summed E-state index contributed by atoms with van der Waals surface area (Å²) >= 11 is 0. The Hall–Kier alpha value is -2.82. The summed E-state index contributed by atoms with van der Waals surface area (Å²) < 4.78 is 9.50. The fourth-order valence-corrected chi connectivity index (χ4v) is 2.28. The van der Waals surface area contributed by atoms with Gasteiger partial charge in [-0.1, -0.05) is 44.2 Å². The van der Waals surface area contributed by atoms with Crippen LogP contribution in [0.1, 0.15) is 24.3 Å². The largest absolute Gasteiger partial charge is 0.399 e. The number of hydrogen-bond donors (Lipinski definition) is 3. The SMILES string of the molecule is CC.CF.NC(=O)c1[nH]c2ccccc2c1-c1ccc(N)cc1. The van der Waals surface area contributed by atoms with Crippen molar-refractivity contribution >= 4 is 22.5 Å². The number of carbonyl (C=O) groups excluding carboxylic acids is 1. The summed E-state index contributed by atoms with van der Waals surface area (Å²) in [5, 5.41) is 0.973. The van der Waals surface area contributed by atoms with Gasteiger partial charge in [0.05, 0.1) is 7.18 Å². The van der Waals surface area contributed by atoms with E-state index >= 15 is 0 Å². The maximum absolute atomic E-state index is 11.6. The molecule has 0 aliphatic carbocycles. The van der Waals surface area contributed by atoms with Crippen molar-refractivity contribution in [2.24, 2.45) is 5.73 Å². The van der Waals surface area contributed by atoms with E-state index in [2.05, 4.69) is 4.98 Å². The van der Waals surface area contributed by atoms with Gasteiger partial charge in [0.1, 0.15) is 5.69 Å². The lowest BCUT2D eigenvalue weighted by Crippen LogP contribution is -2.12. The fourth-order valence-electron chi connectivity index (χ4n) is 2.28. The maximum Gasteiger partial charge on any atom is 0.265 e. The van der Waals surface area contributed by atoms with Crippen LogP contribution < -0.4 is 11.5 Å². The number of aromatic nitrogens is 1. The van der Waals surface area contributed by atoms with Crippen molar-refractivity contribution in [1.29, 1.82) is 0 Å². The van der Waals surface area contributed by atoms with Gasteiger partial charge in [-0.3, -0.25) is 9.18 Å². The molecule has 122 valence electrons. The highest BCUT2D eigenvalue weighted by Gasteiger charge is 2.16. The number of aromatic amines is 1. The zero-order valence-electron chi connectivity index (χ0n) is 13.6. The Morgan fingerprint density at radius 2 is 1.57 bits per heavy atom. The molecular formula is C18H22FN3O. The van der Waals surface area contributed by atoms with Crippen molar-refractivity contribution in [3.63, 3.8) is 0 Å². The van der Waals surface area contributed by atoms with Gasteiger partial charge in [-0.05, 0) is 23.8 Å². The predicted octanol–water partition coefficient (Wildman–Crippen LogP) is 4.13. The number of primary amides is 1. The number of H-pyrrole nitrogens is 1. The second kappa shape index (κ2) is 8.58. The molecule has 1 aromatic heterocycles. The van der Waals surface area contributed by atoms with Gasteiger partial charge in [-0.25, -0.2) is 0 Å². The Kier molecular flexibility index (Phi) is 6.80. The molecule has 3 aromatic rings. The van der Waals surface area contributed by atoms with Crippen LogP contribution in [0.5, 0.6) is 0 Å². The Morgan fingerprint density at radius 1 is 1.00 bits per heavy atom. The molecule has 0 atom stereocenters. The molecule has 0 bridgehead atoms. The van der Waals surface area contributed by atoms with E-state index in [-0.39, 0.29) is 0 Å². The minimum Gasteiger partial charge on any atom is -0.399 e. The fraction of sp³-hybridized carbons (Fsp3) is 0.167. The Labute approximate surface area is 135 Å². The average molecular weight is 315 g/mol. The van der Waals surface area contributed by atoms with E-state index in [0.717, 1.165) is 22.0 Å². The van der Waals surface area contributed by atoms with Crippen molar-refractivity contribution in [1.82, 2.24) is 4.98 Å². The van der Waals surface area contributed by atoms with Crippen LogP contribution in [0.25, 0.3) is 22.0 Å². The van der Waals surface area contributed by atoms with Crippen LogP contribution in [-0.4, -0.2) is 18.1 Å². The number of carbonyl (C=O) groups is 1. The lowest BCUT2D eigenvalue weighted by molar-refractivity contribution is 0.0997. The average Bonchev–Trinajstić information content (AvgIpc) is 2.99. The van der Waals surface area contributed by atoms with Crippen molar-refractivity contribution in [2.45, 2.75) is 13.8 Å². The van der Waals surface area contributed by atoms with Gasteiger partial charge >= 0.3 is 0 Å². The molecule has 0 saturated heterocycles. The van der Waals surface area contributed by atoms with Crippen molar-refractivity contribution in [3.8, 4) is 11.1 Å². The van der Waals surface area contributed by atoms with E-state index in [1.807, 2.05) is 62.4 Å². The maximum atomic E-state index is 11.6. The molecule has 0 radical (unpaired) electrons. The summed E-state index contributed by atoms with van der Waals surface area (Å²) in [6.45, 7) is 4.00. The summed E-state index contributed by atoms with van der Waals surface area (Å²) in [6.07, 6.45) is 0. The number of fused-ring (bicyclic) bond motifs is 1. The Bertz CT molecular complexity index is 764. The van der Waals surface area contributed by atoms with Crippen molar-refractivity contribution in [2.75, 3.05) is 12.9 Å². The lowest BCUT2D eigenvalue weighted by atomic mass is 10.0. The van der Waals surface area contributed by atoms with Crippen LogP contribution in [0.15, 0.2) is 48.5 Å². The van der Waals surface area contributed by atoms with Gasteiger partial charge < -0.3 is 16.5 Å². The van der Waals surface area contributed by atoms with E-state index in [4.69, 9.17) is 11.5 Å². The van der Waals surface area contributed by atoms with Crippen molar-refractivity contribution < 1.29 is 9.18 Å². The van der Waals surface area contributed by atoms with E-state index < -0.39 is 5.91 Å². The number of anilines is 1. The lowest BCUT2D eigenvalue weighted by Gasteiger charge is -2.03. The number of alkyl halides is 1. The number of halogens is 1. The molecule has 4 nitrogen and oxygen atoms in total. The molecule has 0 aliphatic rings. The molecule has 3 rings (SSSR count). The Balaban J connectivity index is 0.000000615. The first-order valence-electron chi connectivity index (χ1n) is 7.31. The molecule has 1 amide bonds. The number of nitrogen functional groups attached to an aromatic ring is 1. The first-order chi connectivity index (χ1) is 11.2. The molecule has 5 N–H and O–H groups in total. The monoisotopic (exact) mass is 315 g/mol. The van der Waals surface area contributed by atoms with Crippen LogP contribution >= 0.6 is 0 Å². The highest BCUT2D eigenvalue weighted by atomic mass is 19.1. The third-order valence-electron chi connectivity index (χ3n) is 3.15. The highest BCUT2D eigenvalue weighted by molar-refractivity contribution is 6.09. The molecule has 5 heteroatoms. The zero-order chi connectivity index (χ0) is 17.4. The van der Waals surface area contributed by atoms with Crippen molar-refractivity contribution in [3.05, 3.63) is 54.2 Å². The summed E-state index contributed by atoms with van der Waals surface area (Å²) in [5.41, 5.74) is 14.9. The number of nitrogens with one attached hydrogen (secondary N) is 1. The van der Waals surface area contributed by atoms with E-state index in [1.54, 1.807) is 0 Å². The van der Waals surface area contributed by atoms with Gasteiger partial charge in [-0.2, -0.15) is 0 Å². The first kappa shape index (κ1) is 18.2. The quantitative estimate of drug-likeness (QED) is 0.621. The van der Waals surface area contributed by atoms with Crippen LogP contribution in [0.2, 0.25) is 0 Å². The normalized spacial score (nSPS) is 9.39. The second-order valence-corrected chi connectivity index (χ2v) is 4.41. The van der Waals surface area contributed by atoms with Gasteiger partial charge in [0.25, 0.3) is 5.91 Å². The molecule has 0 saturated carbocycles. The zero-order valence-corrected chi connectivity index (χ0v) is 13.6. The minimum atomic E-state index is -0.469. The molecule has 0 fully saturated rings. The van der Waals surface area contributed by atoms with E-state index in [1.165, 1.54) is 0 Å². The van der Waals surface area contributed by atoms with Gasteiger partial charge in [0, 0.05) is 22.2 Å². The molecule has 1 heterocycles. The number of benzene rings is 2. The topological polar surface area (TPSA) is 84.9 Å². The van der Waals surface area contributed by atoms with E-state index in [0.29, 0.717) is 18.6 Å². The number of amides is 1. The molecule has 0 aliphatic heterocycles. The summed E-state index contributed by atoms with van der Waals surface area (Å²) in [4.78, 5) is 14.7. The summed E-state index contributed by atoms with van der Waals surface area (Å²) in [5.74, 6) is -0.469. The van der Waals surface area contributed by atoms with Gasteiger partial charge in [-0.15, -0.1) is 0 Å². The third kappa shape index (κ3) is 3.88. The standard InChI is InChI=1S/C15H13N3O.C2H6.CH3F/c16-10-7-5-9(6-8-10)13-11-3-1-2-4-12(11)18-14(13)15(17)19;2*1-2/h1-8,18H,16H2,(H2,17,19);1-2H3;1H3. The second-order valence-electron chi connectivity index (χ2n) is 4.41. The van der Waals surface area contributed by atoms with Crippen LogP contribution in [-0.2, 0) is 0 Å². The number of rotatable bonds is 2. The van der Waals surface area contributed by atoms with Crippen LogP contribution in [0.3, 0.4) is 0 Å². The van der Waals surface area contributed by atoms with E-state index in [9.17, 15) is 9.18 Å². The molecule has 0 unspecified atom stereocenters. The first-order valence-corrected chi connectivity index (χ1v) is 7.31. The smallest absolute Gasteiger partial charge is 0.265 e. The molecular weight excluding hydrogens is 293 g/mol. The number of nitrogens with two attached hydrogens (primary N) is 2. The Morgan fingerprint density at radius 3 is 2.13 bits per heavy atom. The summed E-state index contributed by atoms with van der Waals surface area (Å²) in [7, 11) is 0.500. The van der Waals surface area contributed by atoms with Gasteiger partial charge in [0.15, 0.2) is 0 Å². The third-order valence-corrected chi connectivity index (χ3v) is 3.15. The van der Waals surface area contributed by atoms with Crippen LogP contribution in [0, 0.1) is 0 Å².